The Bertz CT molecular complexity index is 300. The van der Waals surface area contributed by atoms with Crippen LogP contribution in [-0.4, -0.2) is 74.4 Å². The molecule has 0 unspecified atom stereocenters. The second kappa shape index (κ2) is 14.2. The zero-order valence-corrected chi connectivity index (χ0v) is 11.5. The lowest BCUT2D eigenvalue weighted by atomic mass is 10.0. The largest absolute Gasteiger partial charge is 0.394 e. The molecule has 0 aromatic heterocycles. The van der Waals surface area contributed by atoms with Gasteiger partial charge in [0.05, 0.1) is 6.61 Å². The Balaban J connectivity index is -0.000000298. The van der Waals surface area contributed by atoms with Crippen LogP contribution in [0.2, 0.25) is 0 Å². The summed E-state index contributed by atoms with van der Waals surface area (Å²) >= 11 is 0. The van der Waals surface area contributed by atoms with Gasteiger partial charge in [-0.3, -0.25) is 0 Å². The third-order valence-corrected chi connectivity index (χ3v) is 1.42. The standard InChI is InChI=1S/C6H12O6.2C3H6O/c7-1-3(9)5(11)6(12)4(10)2-8;2*1-3(2)4/h1,3-6,8-12H,2H2;2*1-2H3/t3-,4+,5+,6+;;/m0../s1/i;2*1D. The lowest BCUT2D eigenvalue weighted by molar-refractivity contribution is -0.136. The van der Waals surface area contributed by atoms with Crippen LogP contribution in [0.15, 0.2) is 0 Å². The number of ketones is 2. The molecule has 0 heterocycles. The van der Waals surface area contributed by atoms with Crippen LogP contribution < -0.4 is 0 Å². The summed E-state index contributed by atoms with van der Waals surface area (Å²) in [6.07, 6.45) is -6.84. The van der Waals surface area contributed by atoms with Gasteiger partial charge in [-0.2, -0.15) is 0 Å². The zero-order chi connectivity index (χ0) is 18.3. The molecule has 0 rings (SSSR count). The van der Waals surface area contributed by atoms with Crippen molar-refractivity contribution in [1.82, 2.24) is 0 Å². The predicted octanol–water partition coefficient (Wildman–Crippen LogP) is -2.19. The molecular weight excluding hydrogens is 272 g/mol. The molecule has 120 valence electrons. The lowest BCUT2D eigenvalue weighted by Gasteiger charge is -2.22. The van der Waals surface area contributed by atoms with Crippen molar-refractivity contribution < 1.29 is 42.7 Å². The van der Waals surface area contributed by atoms with Crippen LogP contribution in [0.4, 0.5) is 0 Å². The number of aliphatic hydroxyl groups excluding tert-OH is 5. The van der Waals surface area contributed by atoms with Gasteiger partial charge in [0.1, 0.15) is 36.0 Å². The van der Waals surface area contributed by atoms with Crippen molar-refractivity contribution in [2.24, 2.45) is 0 Å². The van der Waals surface area contributed by atoms with E-state index < -0.39 is 31.0 Å². The quantitative estimate of drug-likeness (QED) is 0.359. The van der Waals surface area contributed by atoms with Crippen LogP contribution in [0.1, 0.15) is 30.4 Å². The molecule has 0 bridgehead atoms. The van der Waals surface area contributed by atoms with Gasteiger partial charge in [0.25, 0.3) is 0 Å². The first kappa shape index (κ1) is 18.8. The van der Waals surface area contributed by atoms with Gasteiger partial charge in [-0.25, -0.2) is 0 Å². The number of hydrogen-bond donors (Lipinski definition) is 5. The van der Waals surface area contributed by atoms with E-state index in [0.717, 1.165) is 0 Å². The van der Waals surface area contributed by atoms with E-state index in [2.05, 4.69) is 0 Å². The average molecular weight is 298 g/mol. The maximum atomic E-state index is 9.90. The van der Waals surface area contributed by atoms with Crippen LogP contribution in [0, 0.1) is 0 Å². The molecule has 8 nitrogen and oxygen atoms in total. The number of carbonyl (C=O) groups excluding carboxylic acids is 3. The minimum atomic E-state index is -1.79. The van der Waals surface area contributed by atoms with Gasteiger partial charge in [-0.1, -0.05) is 0 Å². The molecule has 0 spiro atoms. The lowest BCUT2D eigenvalue weighted by Crippen LogP contribution is -2.46. The first-order valence-electron chi connectivity index (χ1n) is 6.86. The molecule has 0 saturated heterocycles. The van der Waals surface area contributed by atoms with Gasteiger partial charge in [0.2, 0.25) is 0 Å². The second-order valence-electron chi connectivity index (χ2n) is 3.76. The van der Waals surface area contributed by atoms with E-state index in [-0.39, 0.29) is 31.7 Å². The van der Waals surface area contributed by atoms with Crippen molar-refractivity contribution in [3.63, 3.8) is 0 Å². The van der Waals surface area contributed by atoms with Crippen molar-refractivity contribution in [2.45, 2.75) is 52.1 Å². The van der Waals surface area contributed by atoms with Gasteiger partial charge in [0.15, 0.2) is 6.29 Å². The number of aliphatic hydroxyl groups is 5. The number of aldehydes is 1. The summed E-state index contributed by atoms with van der Waals surface area (Å²) in [5, 5.41) is 43.5. The molecule has 0 aliphatic heterocycles. The number of rotatable bonds is 5. The second-order valence-corrected chi connectivity index (χ2v) is 3.76. The molecule has 0 aromatic carbocycles. The molecule has 0 aromatic rings. The molecule has 8 heteroatoms. The summed E-state index contributed by atoms with van der Waals surface area (Å²) in [5.74, 6) is -0.157. The molecule has 20 heavy (non-hydrogen) atoms. The van der Waals surface area contributed by atoms with E-state index in [0.29, 0.717) is 0 Å². The van der Waals surface area contributed by atoms with Crippen LogP contribution in [0.3, 0.4) is 0 Å². The summed E-state index contributed by atoms with van der Waals surface area (Å²) in [7, 11) is 0. The van der Waals surface area contributed by atoms with E-state index in [1.165, 1.54) is 13.8 Å². The van der Waals surface area contributed by atoms with Crippen LogP contribution in [-0.2, 0) is 14.4 Å². The van der Waals surface area contributed by atoms with E-state index in [4.69, 9.17) is 28.3 Å². The molecule has 0 amide bonds. The van der Waals surface area contributed by atoms with Gasteiger partial charge >= 0.3 is 0 Å². The molecule has 5 N–H and O–H groups in total. The Hall–Kier alpha value is -1.19. The van der Waals surface area contributed by atoms with Crippen molar-refractivity contribution in [3.8, 4) is 0 Å². The van der Waals surface area contributed by atoms with Gasteiger partial charge in [0, 0.05) is 2.74 Å². The summed E-state index contributed by atoms with van der Waals surface area (Å²) in [4.78, 5) is 29.1. The summed E-state index contributed by atoms with van der Waals surface area (Å²) < 4.78 is 12.6. The Kier molecular flexibility index (Phi) is 13.4. The first-order chi connectivity index (χ1) is 10.1. The normalized spacial score (nSPS) is 16.6. The maximum absolute atomic E-state index is 9.90. The zero-order valence-electron chi connectivity index (χ0n) is 13.5. The third-order valence-electron chi connectivity index (χ3n) is 1.42. The minimum absolute atomic E-state index is 0.0258. The molecule has 4 atom stereocenters. The fourth-order valence-corrected chi connectivity index (χ4v) is 0.618. The molecule has 0 fully saturated rings. The van der Waals surface area contributed by atoms with Gasteiger partial charge in [-0.15, -0.1) is 0 Å². The highest BCUT2D eigenvalue weighted by Crippen LogP contribution is 2.02. The Labute approximate surface area is 120 Å². The SMILES string of the molecule is O=C[C@H](O)[C@@H](O)[C@H](O)[C@H](O)CO.[2H]CC(C)=O.[2H]CC(C)=O. The molecule has 0 saturated carbocycles. The molecule has 0 radical (unpaired) electrons. The highest BCUT2D eigenvalue weighted by Gasteiger charge is 2.29. The predicted molar refractivity (Wildman–Crippen MR) is 69.9 cm³/mol. The number of hydrogen-bond acceptors (Lipinski definition) is 8. The van der Waals surface area contributed by atoms with E-state index in [1.807, 2.05) is 0 Å². The smallest absolute Gasteiger partial charge is 0.151 e. The van der Waals surface area contributed by atoms with Crippen LogP contribution in [0.5, 0.6) is 0 Å². The van der Waals surface area contributed by atoms with Gasteiger partial charge < -0.3 is 39.9 Å². The first-order valence-corrected chi connectivity index (χ1v) is 5.44. The topological polar surface area (TPSA) is 152 Å². The highest BCUT2D eigenvalue weighted by molar-refractivity contribution is 5.72. The number of carbonyl (C=O) groups is 3. The summed E-state index contributed by atoms with van der Waals surface area (Å²) in [6, 6.07) is 0. The maximum Gasteiger partial charge on any atom is 0.151 e. The number of Topliss-reactive ketones (excluding diaryl/α,β-unsaturated/α-hetero) is 2. The van der Waals surface area contributed by atoms with Crippen molar-refractivity contribution in [3.05, 3.63) is 0 Å². The molecule has 0 aliphatic rings. The van der Waals surface area contributed by atoms with E-state index in [1.54, 1.807) is 0 Å². The van der Waals surface area contributed by atoms with Crippen LogP contribution >= 0.6 is 0 Å². The molecular formula is C12H24O8. The Morgan fingerprint density at radius 3 is 1.60 bits per heavy atom. The minimum Gasteiger partial charge on any atom is -0.394 e. The third kappa shape index (κ3) is 19.2. The monoisotopic (exact) mass is 298 g/mol. The highest BCUT2D eigenvalue weighted by atomic mass is 16.4. The van der Waals surface area contributed by atoms with Crippen molar-refractivity contribution in [2.75, 3.05) is 6.61 Å². The molecule has 0 aliphatic carbocycles. The van der Waals surface area contributed by atoms with Crippen molar-refractivity contribution in [1.29, 1.82) is 0 Å². The average Bonchev–Trinajstić information content (AvgIpc) is 2.52. The fraction of sp³-hybridized carbons (Fsp3) is 0.750. The van der Waals surface area contributed by atoms with Crippen LogP contribution in [0.25, 0.3) is 0 Å². The van der Waals surface area contributed by atoms with E-state index in [9.17, 15) is 14.4 Å². The van der Waals surface area contributed by atoms with Crippen molar-refractivity contribution >= 4 is 17.9 Å². The summed E-state index contributed by atoms with van der Waals surface area (Å²) in [5.41, 5.74) is 0. The fourth-order valence-electron chi connectivity index (χ4n) is 0.618. The van der Waals surface area contributed by atoms with Gasteiger partial charge in [-0.05, 0) is 27.6 Å². The Morgan fingerprint density at radius 1 is 1.05 bits per heavy atom. The Morgan fingerprint density at radius 2 is 1.40 bits per heavy atom. The van der Waals surface area contributed by atoms with E-state index >= 15 is 0 Å². The summed E-state index contributed by atoms with van der Waals surface area (Å²) in [6.45, 7) is 1.86.